The van der Waals surface area contributed by atoms with E-state index in [0.717, 1.165) is 16.8 Å². The molecule has 96 valence electrons. The third-order valence-corrected chi connectivity index (χ3v) is 2.62. The first-order valence-electron chi connectivity index (χ1n) is 6.03. The lowest BCUT2D eigenvalue weighted by Gasteiger charge is -2.06. The van der Waals surface area contributed by atoms with Crippen molar-refractivity contribution in [3.63, 3.8) is 0 Å². The van der Waals surface area contributed by atoms with E-state index >= 15 is 0 Å². The molecule has 19 heavy (non-hydrogen) atoms. The van der Waals surface area contributed by atoms with E-state index in [9.17, 15) is 5.11 Å². The molecule has 1 aromatic carbocycles. The minimum Gasteiger partial charge on any atom is -0.508 e. The molecule has 0 unspecified atom stereocenters. The van der Waals surface area contributed by atoms with E-state index in [1.165, 1.54) is 0 Å². The number of aromatic hydroxyl groups is 1. The van der Waals surface area contributed by atoms with Crippen molar-refractivity contribution < 1.29 is 5.11 Å². The Hall–Kier alpha value is -2.55. The van der Waals surface area contributed by atoms with E-state index in [4.69, 9.17) is 0 Å². The Morgan fingerprint density at radius 3 is 2.74 bits per heavy atom. The van der Waals surface area contributed by atoms with Crippen molar-refractivity contribution in [2.45, 2.75) is 6.54 Å². The van der Waals surface area contributed by atoms with E-state index in [1.54, 1.807) is 24.5 Å². The van der Waals surface area contributed by atoms with Gasteiger partial charge in [0.15, 0.2) is 0 Å². The summed E-state index contributed by atoms with van der Waals surface area (Å²) in [5, 5.41) is 12.4. The average Bonchev–Trinajstić information content (AvgIpc) is 2.45. The molecule has 2 rings (SSSR count). The van der Waals surface area contributed by atoms with Crippen LogP contribution in [0.5, 0.6) is 5.75 Å². The van der Waals surface area contributed by atoms with Gasteiger partial charge in [0.2, 0.25) is 0 Å². The summed E-state index contributed by atoms with van der Waals surface area (Å²) in [5.41, 5.74) is 2.96. The molecule has 0 spiro atoms. The highest BCUT2D eigenvalue weighted by Crippen LogP contribution is 2.09. The highest BCUT2D eigenvalue weighted by atomic mass is 16.3. The van der Waals surface area contributed by atoms with Crippen LogP contribution in [0.25, 0.3) is 6.08 Å². The maximum Gasteiger partial charge on any atom is 0.115 e. The number of nitrogens with one attached hydrogen (secondary N) is 1. The molecule has 2 N–H and O–H groups in total. The normalized spacial score (nSPS) is 10.5. The van der Waals surface area contributed by atoms with E-state index in [2.05, 4.69) is 16.9 Å². The van der Waals surface area contributed by atoms with Crippen LogP contribution in [-0.4, -0.2) is 10.1 Å². The third-order valence-electron chi connectivity index (χ3n) is 2.62. The van der Waals surface area contributed by atoms with Crippen molar-refractivity contribution in [3.8, 4) is 5.75 Å². The molecule has 2 aromatic rings. The van der Waals surface area contributed by atoms with Gasteiger partial charge in [-0.05, 0) is 35.4 Å². The Morgan fingerprint density at radius 2 is 2.05 bits per heavy atom. The lowest BCUT2D eigenvalue weighted by molar-refractivity contribution is 0.475. The molecule has 0 aliphatic heterocycles. The number of benzene rings is 1. The maximum atomic E-state index is 9.19. The Balaban J connectivity index is 1.85. The molecule has 0 aliphatic rings. The van der Waals surface area contributed by atoms with E-state index in [1.807, 2.05) is 36.4 Å². The Kier molecular flexibility index (Phi) is 4.34. The van der Waals surface area contributed by atoms with E-state index < -0.39 is 0 Å². The van der Waals surface area contributed by atoms with Gasteiger partial charge in [0.1, 0.15) is 5.75 Å². The number of allylic oxidation sites excluding steroid dienone is 1. The van der Waals surface area contributed by atoms with Crippen LogP contribution in [0.3, 0.4) is 0 Å². The summed E-state index contributed by atoms with van der Waals surface area (Å²) in [7, 11) is 0. The van der Waals surface area contributed by atoms with Crippen molar-refractivity contribution in [1.29, 1.82) is 0 Å². The lowest BCUT2D eigenvalue weighted by Crippen LogP contribution is -2.09. The summed E-state index contributed by atoms with van der Waals surface area (Å²) in [6.07, 6.45) is 7.41. The number of rotatable bonds is 5. The number of hydrogen-bond acceptors (Lipinski definition) is 3. The molecule has 1 aromatic heterocycles. The summed E-state index contributed by atoms with van der Waals surface area (Å²) in [6.45, 7) is 4.61. The number of nitrogens with zero attached hydrogens (tertiary/aromatic N) is 1. The van der Waals surface area contributed by atoms with Crippen LogP contribution >= 0.6 is 0 Å². The van der Waals surface area contributed by atoms with Crippen LogP contribution in [-0.2, 0) is 6.54 Å². The summed E-state index contributed by atoms with van der Waals surface area (Å²) < 4.78 is 0. The molecule has 0 radical (unpaired) electrons. The van der Waals surface area contributed by atoms with Crippen LogP contribution in [0.2, 0.25) is 0 Å². The molecule has 0 fully saturated rings. The second-order valence-corrected chi connectivity index (χ2v) is 4.16. The van der Waals surface area contributed by atoms with Gasteiger partial charge in [-0.15, -0.1) is 0 Å². The van der Waals surface area contributed by atoms with Gasteiger partial charge in [0, 0.05) is 24.6 Å². The molecular formula is C16H16N2O. The number of phenols is 1. The molecule has 0 saturated carbocycles. The van der Waals surface area contributed by atoms with Gasteiger partial charge in [0.05, 0.1) is 0 Å². The van der Waals surface area contributed by atoms with E-state index in [-0.39, 0.29) is 5.75 Å². The summed E-state index contributed by atoms with van der Waals surface area (Å²) in [6, 6.07) is 11.0. The molecule has 0 bridgehead atoms. The molecule has 3 heteroatoms. The van der Waals surface area contributed by atoms with Gasteiger partial charge in [-0.25, -0.2) is 0 Å². The first-order chi connectivity index (χ1) is 9.24. The number of aromatic nitrogens is 1. The highest BCUT2D eigenvalue weighted by Gasteiger charge is 1.93. The van der Waals surface area contributed by atoms with Crippen LogP contribution in [0.15, 0.2) is 67.1 Å². The molecule has 0 amide bonds. The molecule has 0 atom stereocenters. The monoisotopic (exact) mass is 252 g/mol. The van der Waals surface area contributed by atoms with Gasteiger partial charge in [-0.1, -0.05) is 30.9 Å². The minimum atomic E-state index is 0.277. The number of phenolic OH excluding ortho intramolecular Hbond substituents is 1. The van der Waals surface area contributed by atoms with Crippen molar-refractivity contribution in [2.24, 2.45) is 0 Å². The predicted molar refractivity (Wildman–Crippen MR) is 77.4 cm³/mol. The Labute approximate surface area is 112 Å². The largest absolute Gasteiger partial charge is 0.508 e. The second-order valence-electron chi connectivity index (χ2n) is 4.16. The van der Waals surface area contributed by atoms with Crippen LogP contribution in [0.1, 0.15) is 11.1 Å². The summed E-state index contributed by atoms with van der Waals surface area (Å²) in [5.74, 6) is 0.277. The SMILES string of the molecule is C=C(/C=C/c1cccnc1)NCc1ccc(O)cc1. The quantitative estimate of drug-likeness (QED) is 0.804. The zero-order chi connectivity index (χ0) is 13.5. The first kappa shape index (κ1) is 12.9. The second kappa shape index (κ2) is 6.40. The highest BCUT2D eigenvalue weighted by molar-refractivity contribution is 5.50. The Bertz CT molecular complexity index is 559. The zero-order valence-electron chi connectivity index (χ0n) is 10.6. The molecule has 1 heterocycles. The predicted octanol–water partition coefficient (Wildman–Crippen LogP) is 3.10. The number of hydrogen-bond donors (Lipinski definition) is 2. The van der Waals surface area contributed by atoms with Crippen LogP contribution < -0.4 is 5.32 Å². The first-order valence-corrected chi connectivity index (χ1v) is 6.03. The fraction of sp³-hybridized carbons (Fsp3) is 0.0625. The summed E-state index contributed by atoms with van der Waals surface area (Å²) >= 11 is 0. The molecular weight excluding hydrogens is 236 g/mol. The lowest BCUT2D eigenvalue weighted by atomic mass is 10.2. The van der Waals surface area contributed by atoms with Gasteiger partial charge < -0.3 is 10.4 Å². The van der Waals surface area contributed by atoms with Crippen molar-refractivity contribution in [3.05, 3.63) is 78.3 Å². The molecule has 0 aliphatic carbocycles. The smallest absolute Gasteiger partial charge is 0.115 e. The van der Waals surface area contributed by atoms with Gasteiger partial charge in [-0.3, -0.25) is 4.98 Å². The van der Waals surface area contributed by atoms with Crippen molar-refractivity contribution >= 4 is 6.08 Å². The molecule has 0 saturated heterocycles. The van der Waals surface area contributed by atoms with Crippen molar-refractivity contribution in [2.75, 3.05) is 0 Å². The maximum absolute atomic E-state index is 9.19. The molecule has 3 nitrogen and oxygen atoms in total. The fourth-order valence-corrected chi connectivity index (χ4v) is 1.56. The minimum absolute atomic E-state index is 0.277. The zero-order valence-corrected chi connectivity index (χ0v) is 10.6. The third kappa shape index (κ3) is 4.32. The van der Waals surface area contributed by atoms with E-state index in [0.29, 0.717) is 6.54 Å². The van der Waals surface area contributed by atoms with Crippen molar-refractivity contribution in [1.82, 2.24) is 10.3 Å². The van der Waals surface area contributed by atoms with Gasteiger partial charge >= 0.3 is 0 Å². The van der Waals surface area contributed by atoms with Crippen LogP contribution in [0, 0.1) is 0 Å². The standard InChI is InChI=1S/C16H16N2O/c1-13(4-5-14-3-2-10-17-11-14)18-12-15-6-8-16(19)9-7-15/h2-11,18-19H,1,12H2/b5-4+. The average molecular weight is 252 g/mol. The van der Waals surface area contributed by atoms with Gasteiger partial charge in [-0.2, -0.15) is 0 Å². The van der Waals surface area contributed by atoms with Crippen LogP contribution in [0.4, 0.5) is 0 Å². The topological polar surface area (TPSA) is 45.2 Å². The number of pyridine rings is 1. The fourth-order valence-electron chi connectivity index (χ4n) is 1.56. The summed E-state index contributed by atoms with van der Waals surface area (Å²) in [4.78, 5) is 4.04. The van der Waals surface area contributed by atoms with Gasteiger partial charge in [0.25, 0.3) is 0 Å². The Morgan fingerprint density at radius 1 is 1.26 bits per heavy atom.